The molecule has 0 aliphatic carbocycles. The minimum atomic E-state index is -1.29. The number of Topliss-reactive ketones (excluding diaryl/α,β-unsaturated/α-hetero) is 1. The number of aryl methyl sites for hydroxylation is 1. The lowest BCUT2D eigenvalue weighted by Crippen LogP contribution is -2.14. The van der Waals surface area contributed by atoms with Crippen molar-refractivity contribution in [1.29, 1.82) is 5.26 Å². The van der Waals surface area contributed by atoms with Gasteiger partial charge in [0.15, 0.2) is 5.78 Å². The van der Waals surface area contributed by atoms with Crippen LogP contribution >= 0.6 is 23.2 Å². The van der Waals surface area contributed by atoms with Gasteiger partial charge in [-0.05, 0) is 24.6 Å². The van der Waals surface area contributed by atoms with Crippen molar-refractivity contribution in [2.45, 2.75) is 12.8 Å². The molecule has 0 amide bonds. The first-order valence-electron chi connectivity index (χ1n) is 6.10. The van der Waals surface area contributed by atoms with Gasteiger partial charge >= 0.3 is 0 Å². The fraction of sp³-hybridized carbons (Fsp3) is 0.125. The number of benzene rings is 2. The van der Waals surface area contributed by atoms with Crippen LogP contribution in [0.15, 0.2) is 36.4 Å². The summed E-state index contributed by atoms with van der Waals surface area (Å²) in [4.78, 5) is 12.5. The van der Waals surface area contributed by atoms with Crippen LogP contribution in [-0.2, 0) is 0 Å². The lowest BCUT2D eigenvalue weighted by Gasteiger charge is -2.12. The summed E-state index contributed by atoms with van der Waals surface area (Å²) in [7, 11) is 0. The predicted octanol–water partition coefficient (Wildman–Crippen LogP) is 4.93. The smallest absolute Gasteiger partial charge is 0.186 e. The first kappa shape index (κ1) is 15.5. The van der Waals surface area contributed by atoms with E-state index in [0.717, 1.165) is 0 Å². The van der Waals surface area contributed by atoms with Crippen LogP contribution in [0, 0.1) is 24.1 Å². The second-order valence-electron chi connectivity index (χ2n) is 4.51. The molecule has 1 atom stereocenters. The van der Waals surface area contributed by atoms with Crippen molar-refractivity contribution in [1.82, 2.24) is 0 Å². The van der Waals surface area contributed by atoms with Crippen molar-refractivity contribution in [3.05, 3.63) is 69.0 Å². The maximum absolute atomic E-state index is 14.0. The summed E-state index contributed by atoms with van der Waals surface area (Å²) in [5.41, 5.74) is 0.862. The van der Waals surface area contributed by atoms with E-state index in [2.05, 4.69) is 0 Å². The third-order valence-corrected chi connectivity index (χ3v) is 3.93. The summed E-state index contributed by atoms with van der Waals surface area (Å²) >= 11 is 11.8. The highest BCUT2D eigenvalue weighted by Gasteiger charge is 2.27. The number of carbonyl (C=O) groups excluding carboxylic acids is 1. The zero-order chi connectivity index (χ0) is 15.6. The van der Waals surface area contributed by atoms with Crippen LogP contribution in [0.1, 0.15) is 27.4 Å². The maximum Gasteiger partial charge on any atom is 0.186 e. The molecule has 0 saturated heterocycles. The van der Waals surface area contributed by atoms with Crippen LogP contribution in [0.4, 0.5) is 4.39 Å². The molecule has 5 heteroatoms. The number of ketones is 1. The number of halogens is 3. The van der Waals surface area contributed by atoms with Gasteiger partial charge in [-0.15, -0.1) is 0 Å². The Kier molecular flexibility index (Phi) is 4.62. The molecular weight excluding hydrogens is 312 g/mol. The van der Waals surface area contributed by atoms with Crippen molar-refractivity contribution in [3.63, 3.8) is 0 Å². The average Bonchev–Trinajstić information content (AvgIpc) is 2.47. The van der Waals surface area contributed by atoms with Crippen molar-refractivity contribution < 1.29 is 9.18 Å². The minimum absolute atomic E-state index is 0.0485. The number of nitriles is 1. The van der Waals surface area contributed by atoms with Crippen molar-refractivity contribution in [2.24, 2.45) is 0 Å². The van der Waals surface area contributed by atoms with Gasteiger partial charge < -0.3 is 0 Å². The summed E-state index contributed by atoms with van der Waals surface area (Å²) < 4.78 is 14.0. The van der Waals surface area contributed by atoms with Crippen LogP contribution < -0.4 is 0 Å². The van der Waals surface area contributed by atoms with Gasteiger partial charge in [0, 0.05) is 11.1 Å². The third-order valence-electron chi connectivity index (χ3n) is 3.14. The Morgan fingerprint density at radius 3 is 2.57 bits per heavy atom. The van der Waals surface area contributed by atoms with E-state index < -0.39 is 17.5 Å². The van der Waals surface area contributed by atoms with E-state index in [-0.39, 0.29) is 21.2 Å². The molecule has 106 valence electrons. The first-order chi connectivity index (χ1) is 9.97. The van der Waals surface area contributed by atoms with E-state index in [4.69, 9.17) is 23.2 Å². The molecule has 0 bridgehead atoms. The van der Waals surface area contributed by atoms with Crippen molar-refractivity contribution >= 4 is 29.0 Å². The molecule has 0 fully saturated rings. The highest BCUT2D eigenvalue weighted by molar-refractivity contribution is 6.35. The van der Waals surface area contributed by atoms with Gasteiger partial charge in [0.1, 0.15) is 11.7 Å². The molecule has 2 aromatic rings. The Bertz CT molecular complexity index is 752. The topological polar surface area (TPSA) is 40.9 Å². The highest BCUT2D eigenvalue weighted by atomic mass is 35.5. The van der Waals surface area contributed by atoms with Crippen molar-refractivity contribution in [3.8, 4) is 6.07 Å². The van der Waals surface area contributed by atoms with E-state index in [1.165, 1.54) is 24.3 Å². The standard InChI is InChI=1S/C16H10Cl2FNO/c1-9-4-2-6-11(14(9)18)16(21)12(8-20)10-5-3-7-13(17)15(10)19/h2-7,12H,1H3. The molecular formula is C16H10Cl2FNO. The Balaban J connectivity index is 2.52. The molecule has 21 heavy (non-hydrogen) atoms. The summed E-state index contributed by atoms with van der Waals surface area (Å²) in [6, 6.07) is 11.0. The fourth-order valence-corrected chi connectivity index (χ4v) is 2.41. The van der Waals surface area contributed by atoms with Gasteiger partial charge in [0.25, 0.3) is 0 Å². The average molecular weight is 322 g/mol. The number of carbonyl (C=O) groups is 1. The number of nitrogens with zero attached hydrogens (tertiary/aromatic N) is 1. The van der Waals surface area contributed by atoms with E-state index in [0.29, 0.717) is 5.56 Å². The fourth-order valence-electron chi connectivity index (χ4n) is 2.01. The Hall–Kier alpha value is -1.89. The van der Waals surface area contributed by atoms with Crippen LogP contribution in [-0.4, -0.2) is 5.78 Å². The van der Waals surface area contributed by atoms with Gasteiger partial charge in [-0.2, -0.15) is 5.26 Å². The second kappa shape index (κ2) is 6.26. The van der Waals surface area contributed by atoms with E-state index >= 15 is 0 Å². The SMILES string of the molecule is Cc1cccc(C(=O)C(C#N)c2cccc(Cl)c2F)c1Cl. The quantitative estimate of drug-likeness (QED) is 0.752. The zero-order valence-electron chi connectivity index (χ0n) is 11.0. The largest absolute Gasteiger partial charge is 0.292 e. The Labute approximate surface area is 131 Å². The highest BCUT2D eigenvalue weighted by Crippen LogP contribution is 2.30. The van der Waals surface area contributed by atoms with Crippen LogP contribution in [0.2, 0.25) is 10.0 Å². The molecule has 2 rings (SSSR count). The lowest BCUT2D eigenvalue weighted by atomic mass is 9.91. The van der Waals surface area contributed by atoms with E-state index in [1.54, 1.807) is 19.1 Å². The van der Waals surface area contributed by atoms with Gasteiger partial charge in [-0.25, -0.2) is 4.39 Å². The lowest BCUT2D eigenvalue weighted by molar-refractivity contribution is 0.0977. The minimum Gasteiger partial charge on any atom is -0.292 e. The predicted molar refractivity (Wildman–Crippen MR) is 80.3 cm³/mol. The molecule has 0 aromatic heterocycles. The number of hydrogen-bond donors (Lipinski definition) is 0. The Morgan fingerprint density at radius 2 is 1.90 bits per heavy atom. The summed E-state index contributed by atoms with van der Waals surface area (Å²) in [6.07, 6.45) is 0. The molecule has 2 nitrogen and oxygen atoms in total. The number of hydrogen-bond acceptors (Lipinski definition) is 2. The molecule has 0 radical (unpaired) electrons. The number of rotatable bonds is 3. The normalized spacial score (nSPS) is 11.8. The molecule has 2 aromatic carbocycles. The monoisotopic (exact) mass is 321 g/mol. The van der Waals surface area contributed by atoms with Gasteiger partial charge in [0.2, 0.25) is 0 Å². The summed E-state index contributed by atoms with van der Waals surface area (Å²) in [6.45, 7) is 1.75. The zero-order valence-corrected chi connectivity index (χ0v) is 12.5. The van der Waals surface area contributed by atoms with Crippen LogP contribution in [0.3, 0.4) is 0 Å². The molecule has 0 heterocycles. The molecule has 0 aliphatic rings. The van der Waals surface area contributed by atoms with Gasteiger partial charge in [-0.1, -0.05) is 47.5 Å². The van der Waals surface area contributed by atoms with Gasteiger partial charge in [0.05, 0.1) is 16.1 Å². The summed E-state index contributed by atoms with van der Waals surface area (Å²) in [5.74, 6) is -2.60. The van der Waals surface area contributed by atoms with E-state index in [1.807, 2.05) is 6.07 Å². The van der Waals surface area contributed by atoms with Crippen LogP contribution in [0.5, 0.6) is 0 Å². The molecule has 0 aliphatic heterocycles. The molecule has 1 unspecified atom stereocenters. The maximum atomic E-state index is 14.0. The summed E-state index contributed by atoms with van der Waals surface area (Å²) in [5, 5.41) is 9.40. The van der Waals surface area contributed by atoms with Crippen LogP contribution in [0.25, 0.3) is 0 Å². The first-order valence-corrected chi connectivity index (χ1v) is 6.85. The third kappa shape index (κ3) is 2.92. The molecule has 0 saturated carbocycles. The second-order valence-corrected chi connectivity index (χ2v) is 5.29. The van der Waals surface area contributed by atoms with E-state index in [9.17, 15) is 14.4 Å². The van der Waals surface area contributed by atoms with Gasteiger partial charge in [-0.3, -0.25) is 4.79 Å². The molecule has 0 N–H and O–H groups in total. The Morgan fingerprint density at radius 1 is 1.24 bits per heavy atom. The molecule has 0 spiro atoms. The van der Waals surface area contributed by atoms with Crippen molar-refractivity contribution in [2.75, 3.05) is 0 Å².